The topological polar surface area (TPSA) is 66.8 Å². The second kappa shape index (κ2) is 6.16. The average molecular weight is 276 g/mol. The summed E-state index contributed by atoms with van der Waals surface area (Å²) in [7, 11) is 0. The largest absolute Gasteiger partial charge is 0.488 e. The molecule has 2 rings (SSSR count). The van der Waals surface area contributed by atoms with Crippen molar-refractivity contribution in [3.8, 4) is 5.75 Å². The first-order valence-corrected chi connectivity index (χ1v) is 5.95. The van der Waals surface area contributed by atoms with Gasteiger partial charge in [-0.1, -0.05) is 18.2 Å². The van der Waals surface area contributed by atoms with Crippen LogP contribution in [0.15, 0.2) is 42.5 Å². The zero-order valence-corrected chi connectivity index (χ0v) is 10.5. The Morgan fingerprint density at radius 1 is 1.15 bits per heavy atom. The zero-order valence-electron chi connectivity index (χ0n) is 10.5. The molecule has 0 radical (unpaired) electrons. The molecule has 0 aliphatic carbocycles. The molecule has 2 N–H and O–H groups in total. The lowest BCUT2D eigenvalue weighted by atomic mass is 10.1. The Labute approximate surface area is 115 Å². The van der Waals surface area contributed by atoms with Crippen molar-refractivity contribution in [1.29, 1.82) is 0 Å². The van der Waals surface area contributed by atoms with Crippen molar-refractivity contribution in [3.63, 3.8) is 0 Å². The van der Waals surface area contributed by atoms with E-state index in [2.05, 4.69) is 0 Å². The molecule has 2 aromatic carbocycles. The van der Waals surface area contributed by atoms with E-state index in [9.17, 15) is 9.18 Å². The maximum atomic E-state index is 13.6. The molecular formula is C15H13FO4. The van der Waals surface area contributed by atoms with Crippen LogP contribution in [-0.4, -0.2) is 16.2 Å². The molecule has 0 spiro atoms. The Balaban J connectivity index is 2.18. The van der Waals surface area contributed by atoms with E-state index in [1.54, 1.807) is 24.3 Å². The summed E-state index contributed by atoms with van der Waals surface area (Å²) in [6.07, 6.45) is 0. The number of hydrogen-bond acceptors (Lipinski definition) is 3. The highest BCUT2D eigenvalue weighted by Gasteiger charge is 2.10. The van der Waals surface area contributed by atoms with E-state index in [4.69, 9.17) is 14.9 Å². The lowest BCUT2D eigenvalue weighted by Gasteiger charge is -2.11. The minimum atomic E-state index is -1.12. The van der Waals surface area contributed by atoms with Gasteiger partial charge < -0.3 is 14.9 Å². The fourth-order valence-corrected chi connectivity index (χ4v) is 1.75. The van der Waals surface area contributed by atoms with E-state index < -0.39 is 11.8 Å². The number of carboxylic acids is 1. The first-order chi connectivity index (χ1) is 9.61. The molecule has 2 aromatic rings. The molecule has 0 unspecified atom stereocenters. The first-order valence-electron chi connectivity index (χ1n) is 5.95. The molecule has 20 heavy (non-hydrogen) atoms. The van der Waals surface area contributed by atoms with Crippen LogP contribution in [0.1, 0.15) is 21.5 Å². The molecule has 104 valence electrons. The van der Waals surface area contributed by atoms with Crippen molar-refractivity contribution >= 4 is 5.97 Å². The Hall–Kier alpha value is -2.40. The van der Waals surface area contributed by atoms with Crippen LogP contribution in [0.3, 0.4) is 0 Å². The summed E-state index contributed by atoms with van der Waals surface area (Å²) in [5, 5.41) is 18.0. The van der Waals surface area contributed by atoms with E-state index in [1.165, 1.54) is 12.1 Å². The number of halogens is 1. The van der Waals surface area contributed by atoms with Crippen molar-refractivity contribution < 1.29 is 24.1 Å². The first kappa shape index (κ1) is 14.0. The van der Waals surface area contributed by atoms with Crippen molar-refractivity contribution in [1.82, 2.24) is 0 Å². The van der Waals surface area contributed by atoms with Crippen LogP contribution in [0.5, 0.6) is 5.75 Å². The maximum absolute atomic E-state index is 13.6. The number of hydrogen-bond donors (Lipinski definition) is 2. The normalized spacial score (nSPS) is 10.3. The Kier molecular flexibility index (Phi) is 4.32. The van der Waals surface area contributed by atoms with Gasteiger partial charge in [-0.2, -0.15) is 0 Å². The van der Waals surface area contributed by atoms with Gasteiger partial charge in [-0.25, -0.2) is 9.18 Å². The van der Waals surface area contributed by atoms with Gasteiger partial charge in [-0.3, -0.25) is 0 Å². The number of rotatable bonds is 5. The number of benzene rings is 2. The number of aliphatic hydroxyl groups is 1. The summed E-state index contributed by atoms with van der Waals surface area (Å²) in [5.41, 5.74) is 0.736. The highest BCUT2D eigenvalue weighted by Crippen LogP contribution is 2.20. The quantitative estimate of drug-likeness (QED) is 0.881. The predicted molar refractivity (Wildman–Crippen MR) is 70.1 cm³/mol. The molecule has 0 aliphatic rings. The van der Waals surface area contributed by atoms with Crippen molar-refractivity contribution in [2.24, 2.45) is 0 Å². The third-order valence-electron chi connectivity index (χ3n) is 2.82. The summed E-state index contributed by atoms with van der Waals surface area (Å²) >= 11 is 0. The minimum Gasteiger partial charge on any atom is -0.488 e. The maximum Gasteiger partial charge on any atom is 0.335 e. The van der Waals surface area contributed by atoms with E-state index in [0.717, 1.165) is 6.07 Å². The molecule has 4 nitrogen and oxygen atoms in total. The average Bonchev–Trinajstić information content (AvgIpc) is 2.46. The van der Waals surface area contributed by atoms with Gasteiger partial charge in [0.25, 0.3) is 0 Å². The fourth-order valence-electron chi connectivity index (χ4n) is 1.75. The Morgan fingerprint density at radius 2 is 1.90 bits per heavy atom. The second-order valence-corrected chi connectivity index (χ2v) is 4.17. The Bertz CT molecular complexity index is 625. The second-order valence-electron chi connectivity index (χ2n) is 4.17. The number of ether oxygens (including phenoxy) is 1. The number of carboxylic acid groups (broad SMARTS) is 1. The zero-order chi connectivity index (χ0) is 14.5. The van der Waals surface area contributed by atoms with Gasteiger partial charge >= 0.3 is 5.97 Å². The third-order valence-corrected chi connectivity index (χ3v) is 2.82. The van der Waals surface area contributed by atoms with Gasteiger partial charge in [0.2, 0.25) is 0 Å². The monoisotopic (exact) mass is 276 g/mol. The molecule has 0 aliphatic heterocycles. The van der Waals surface area contributed by atoms with Crippen LogP contribution in [0.4, 0.5) is 4.39 Å². The molecule has 0 saturated carbocycles. The minimum absolute atomic E-state index is 0.000410. The Morgan fingerprint density at radius 3 is 2.60 bits per heavy atom. The number of para-hydroxylation sites is 1. The summed E-state index contributed by atoms with van der Waals surface area (Å²) in [6.45, 7) is -0.294. The smallest absolute Gasteiger partial charge is 0.335 e. The molecule has 0 bridgehead atoms. The van der Waals surface area contributed by atoms with Crippen LogP contribution in [0.25, 0.3) is 0 Å². The van der Waals surface area contributed by atoms with Gasteiger partial charge in [0.15, 0.2) is 0 Å². The standard InChI is InChI=1S/C15H13FO4/c16-13-6-5-10(15(18)19)7-12(13)9-20-14-4-2-1-3-11(14)8-17/h1-7,17H,8-9H2,(H,18,19). The molecule has 5 heteroatoms. The van der Waals surface area contributed by atoms with Gasteiger partial charge in [-0.05, 0) is 24.3 Å². The predicted octanol–water partition coefficient (Wildman–Crippen LogP) is 2.60. The summed E-state index contributed by atoms with van der Waals surface area (Å²) in [5.74, 6) is -1.21. The molecule has 0 amide bonds. The third kappa shape index (κ3) is 3.13. The molecular weight excluding hydrogens is 263 g/mol. The van der Waals surface area contributed by atoms with Crippen molar-refractivity contribution in [2.45, 2.75) is 13.2 Å². The lowest BCUT2D eigenvalue weighted by Crippen LogP contribution is -2.04. The lowest BCUT2D eigenvalue weighted by molar-refractivity contribution is 0.0696. The van der Waals surface area contributed by atoms with Gasteiger partial charge in [-0.15, -0.1) is 0 Å². The number of carbonyl (C=O) groups is 1. The van der Waals surface area contributed by atoms with Gasteiger partial charge in [0.05, 0.1) is 12.2 Å². The SMILES string of the molecule is O=C(O)c1ccc(F)c(COc2ccccc2CO)c1. The highest BCUT2D eigenvalue weighted by molar-refractivity contribution is 5.87. The summed E-state index contributed by atoms with van der Waals surface area (Å²) < 4.78 is 19.0. The van der Waals surface area contributed by atoms with E-state index in [0.29, 0.717) is 11.3 Å². The number of aromatic carboxylic acids is 1. The van der Waals surface area contributed by atoms with Crippen molar-refractivity contribution in [2.75, 3.05) is 0 Å². The van der Waals surface area contributed by atoms with Crippen LogP contribution < -0.4 is 4.74 Å². The van der Waals surface area contributed by atoms with Crippen molar-refractivity contribution in [3.05, 3.63) is 65.0 Å². The number of aliphatic hydroxyl groups excluding tert-OH is 1. The fraction of sp³-hybridized carbons (Fsp3) is 0.133. The molecule has 0 atom stereocenters. The molecule has 0 fully saturated rings. The van der Waals surface area contributed by atoms with Crippen LogP contribution in [0, 0.1) is 5.82 Å². The summed E-state index contributed by atoms with van der Waals surface area (Å²) in [4.78, 5) is 10.8. The molecule has 0 aromatic heterocycles. The van der Waals surface area contributed by atoms with Gasteiger partial charge in [0, 0.05) is 11.1 Å². The van der Waals surface area contributed by atoms with E-state index in [-0.39, 0.29) is 24.3 Å². The molecule has 0 saturated heterocycles. The van der Waals surface area contributed by atoms with Crippen LogP contribution in [-0.2, 0) is 13.2 Å². The van der Waals surface area contributed by atoms with E-state index in [1.807, 2.05) is 0 Å². The van der Waals surface area contributed by atoms with Crippen LogP contribution in [0.2, 0.25) is 0 Å². The van der Waals surface area contributed by atoms with Crippen LogP contribution >= 0.6 is 0 Å². The highest BCUT2D eigenvalue weighted by atomic mass is 19.1. The van der Waals surface area contributed by atoms with E-state index >= 15 is 0 Å². The molecule has 0 heterocycles. The summed E-state index contributed by atoms with van der Waals surface area (Å²) in [6, 6.07) is 10.4. The van der Waals surface area contributed by atoms with Gasteiger partial charge in [0.1, 0.15) is 18.2 Å².